The van der Waals surface area contributed by atoms with Crippen molar-refractivity contribution in [3.05, 3.63) is 46.5 Å². The quantitative estimate of drug-likeness (QED) is 0.487. The van der Waals surface area contributed by atoms with Crippen molar-refractivity contribution in [1.29, 1.82) is 0 Å². The van der Waals surface area contributed by atoms with Crippen LogP contribution in [0.15, 0.2) is 35.4 Å². The molecule has 4 rings (SSSR count). The molecular weight excluding hydrogens is 468 g/mol. The summed E-state index contributed by atoms with van der Waals surface area (Å²) in [6.45, 7) is 5.40. The summed E-state index contributed by atoms with van der Waals surface area (Å²) >= 11 is 1.26. The number of amides is 2. The Morgan fingerprint density at radius 3 is 2.91 bits per heavy atom. The molecule has 1 unspecified atom stereocenters. The van der Waals surface area contributed by atoms with Crippen molar-refractivity contribution in [2.75, 3.05) is 25.1 Å². The average Bonchev–Trinajstić information content (AvgIpc) is 3.30. The molecule has 1 aliphatic rings. The Hall–Kier alpha value is -3.47. The molecule has 2 N–H and O–H groups in total. The maximum atomic E-state index is 13.0. The van der Waals surface area contributed by atoms with Gasteiger partial charge in [0.2, 0.25) is 11.8 Å². The zero-order valence-electron chi connectivity index (χ0n) is 20.1. The fraction of sp³-hybridized carbons (Fsp3) is 0.458. The molecule has 0 radical (unpaired) electrons. The number of fused-ring (bicyclic) bond motifs is 1. The van der Waals surface area contributed by atoms with Gasteiger partial charge in [0.15, 0.2) is 10.8 Å². The molecule has 3 heterocycles. The number of nitrogens with zero attached hydrogens (tertiary/aromatic N) is 4. The molecule has 1 aromatic carbocycles. The Labute approximate surface area is 207 Å². The van der Waals surface area contributed by atoms with E-state index in [0.717, 1.165) is 24.9 Å². The van der Waals surface area contributed by atoms with Gasteiger partial charge in [-0.3, -0.25) is 19.0 Å². The highest BCUT2D eigenvalue weighted by Gasteiger charge is 2.28. The summed E-state index contributed by atoms with van der Waals surface area (Å²) in [6, 6.07) is 7.51. The van der Waals surface area contributed by atoms with E-state index in [9.17, 15) is 14.4 Å². The first-order valence-corrected chi connectivity index (χ1v) is 12.5. The van der Waals surface area contributed by atoms with Crippen LogP contribution in [0.5, 0.6) is 5.75 Å². The van der Waals surface area contributed by atoms with Gasteiger partial charge >= 0.3 is 0 Å². The van der Waals surface area contributed by atoms with Crippen LogP contribution in [0.2, 0.25) is 0 Å². The molecule has 0 saturated carbocycles. The lowest BCUT2D eigenvalue weighted by Crippen LogP contribution is -2.44. The van der Waals surface area contributed by atoms with Gasteiger partial charge in [0.1, 0.15) is 23.3 Å². The zero-order chi connectivity index (χ0) is 24.9. The van der Waals surface area contributed by atoms with Gasteiger partial charge in [-0.1, -0.05) is 23.5 Å². The van der Waals surface area contributed by atoms with Crippen molar-refractivity contribution in [2.45, 2.75) is 45.8 Å². The predicted molar refractivity (Wildman–Crippen MR) is 135 cm³/mol. The van der Waals surface area contributed by atoms with Crippen molar-refractivity contribution in [3.63, 3.8) is 0 Å². The Morgan fingerprint density at radius 2 is 2.14 bits per heavy atom. The third-order valence-corrected chi connectivity index (χ3v) is 6.90. The second-order valence-electron chi connectivity index (χ2n) is 8.90. The summed E-state index contributed by atoms with van der Waals surface area (Å²) in [4.78, 5) is 48.9. The summed E-state index contributed by atoms with van der Waals surface area (Å²) in [5.41, 5.74) is 0.950. The normalized spacial score (nSPS) is 15.9. The first-order chi connectivity index (χ1) is 16.8. The molecule has 0 spiro atoms. The number of benzene rings is 1. The molecule has 2 aromatic heterocycles. The van der Waals surface area contributed by atoms with Crippen LogP contribution in [0.1, 0.15) is 32.3 Å². The minimum atomic E-state index is -0.304. The summed E-state index contributed by atoms with van der Waals surface area (Å²) in [6.07, 6.45) is 3.06. The van der Waals surface area contributed by atoms with E-state index in [-0.39, 0.29) is 35.9 Å². The number of rotatable bonds is 8. The van der Waals surface area contributed by atoms with Gasteiger partial charge in [0.05, 0.1) is 13.0 Å². The van der Waals surface area contributed by atoms with E-state index in [1.807, 2.05) is 43.0 Å². The summed E-state index contributed by atoms with van der Waals surface area (Å²) < 4.78 is 6.89. The first kappa shape index (κ1) is 24.6. The molecule has 10 nitrogen and oxygen atoms in total. The number of carbonyl (C=O) groups is 2. The second kappa shape index (κ2) is 10.9. The van der Waals surface area contributed by atoms with Crippen molar-refractivity contribution in [1.82, 2.24) is 25.2 Å². The van der Waals surface area contributed by atoms with Gasteiger partial charge in [-0.25, -0.2) is 4.98 Å². The first-order valence-electron chi connectivity index (χ1n) is 11.6. The molecule has 1 atom stereocenters. The second-order valence-corrected chi connectivity index (χ2v) is 9.88. The van der Waals surface area contributed by atoms with Crippen LogP contribution in [-0.4, -0.2) is 52.6 Å². The van der Waals surface area contributed by atoms with E-state index in [4.69, 9.17) is 4.74 Å². The summed E-state index contributed by atoms with van der Waals surface area (Å²) in [5.74, 6) is 0.349. The number of aromatic nitrogens is 3. The molecule has 11 heteroatoms. The average molecular weight is 499 g/mol. The van der Waals surface area contributed by atoms with E-state index in [1.165, 1.54) is 22.2 Å². The Bertz CT molecular complexity index is 1270. The van der Waals surface area contributed by atoms with Gasteiger partial charge in [-0.05, 0) is 44.4 Å². The minimum Gasteiger partial charge on any atom is -0.497 e. The van der Waals surface area contributed by atoms with Crippen molar-refractivity contribution in [2.24, 2.45) is 5.92 Å². The molecule has 2 amide bonds. The number of nitrogens with one attached hydrogen (secondary N) is 2. The lowest BCUT2D eigenvalue weighted by Gasteiger charge is -2.32. The zero-order valence-corrected chi connectivity index (χ0v) is 20.9. The standard InChI is InChI=1S/C24H30N6O4S/c1-15(2)27-22(32)17-7-5-9-29(12-17)24-28-21-20(35-24)23(33)30(14-26-21)13-19(31)25-11-16-6-4-8-18(10-16)34-3/h4,6,8,10,14-15,17H,5,7,9,11-13H2,1-3H3,(H,25,31)(H,27,32). The van der Waals surface area contributed by atoms with Crippen molar-refractivity contribution < 1.29 is 14.3 Å². The smallest absolute Gasteiger partial charge is 0.273 e. The lowest BCUT2D eigenvalue weighted by molar-refractivity contribution is -0.125. The van der Waals surface area contributed by atoms with Crippen LogP contribution >= 0.6 is 11.3 Å². The number of hydrogen-bond acceptors (Lipinski definition) is 8. The molecule has 0 bridgehead atoms. The molecular formula is C24H30N6O4S. The topological polar surface area (TPSA) is 118 Å². The third-order valence-electron chi connectivity index (χ3n) is 5.80. The number of hydrogen-bond donors (Lipinski definition) is 2. The van der Waals surface area contributed by atoms with Gasteiger partial charge in [-0.15, -0.1) is 0 Å². The Kier molecular flexibility index (Phi) is 7.64. The highest BCUT2D eigenvalue weighted by Crippen LogP contribution is 2.29. The van der Waals surface area contributed by atoms with Gasteiger partial charge < -0.3 is 20.3 Å². The molecule has 3 aromatic rings. The molecule has 0 aliphatic carbocycles. The van der Waals surface area contributed by atoms with Crippen molar-refractivity contribution >= 4 is 38.6 Å². The third kappa shape index (κ3) is 5.97. The van der Waals surface area contributed by atoms with Crippen LogP contribution in [0, 0.1) is 5.92 Å². The van der Waals surface area contributed by atoms with Gasteiger partial charge in [0, 0.05) is 25.7 Å². The van der Waals surface area contributed by atoms with Crippen LogP contribution in [-0.2, 0) is 22.7 Å². The van der Waals surface area contributed by atoms with Crippen LogP contribution < -0.4 is 25.8 Å². The van der Waals surface area contributed by atoms with Gasteiger partial charge in [-0.2, -0.15) is 4.98 Å². The fourth-order valence-electron chi connectivity index (χ4n) is 4.04. The van der Waals surface area contributed by atoms with E-state index >= 15 is 0 Å². The Morgan fingerprint density at radius 1 is 1.31 bits per heavy atom. The van der Waals surface area contributed by atoms with Crippen LogP contribution in [0.3, 0.4) is 0 Å². The number of carbonyl (C=O) groups excluding carboxylic acids is 2. The molecule has 1 saturated heterocycles. The molecule has 1 aliphatic heterocycles. The van der Waals surface area contributed by atoms with Crippen LogP contribution in [0.4, 0.5) is 5.13 Å². The van der Waals surface area contributed by atoms with Gasteiger partial charge in [0.25, 0.3) is 5.56 Å². The van der Waals surface area contributed by atoms with E-state index in [1.54, 1.807) is 7.11 Å². The highest BCUT2D eigenvalue weighted by molar-refractivity contribution is 7.22. The summed E-state index contributed by atoms with van der Waals surface area (Å²) in [7, 11) is 1.59. The summed E-state index contributed by atoms with van der Waals surface area (Å²) in [5, 5.41) is 6.47. The highest BCUT2D eigenvalue weighted by atomic mass is 32.1. The maximum Gasteiger partial charge on any atom is 0.273 e. The number of ether oxygens (including phenoxy) is 1. The number of anilines is 1. The molecule has 1 fully saturated rings. The minimum absolute atomic E-state index is 0.0475. The number of thiazole rings is 1. The fourth-order valence-corrected chi connectivity index (χ4v) is 5.05. The monoisotopic (exact) mass is 498 g/mol. The SMILES string of the molecule is COc1cccc(CNC(=O)Cn2cnc3nc(N4CCCC(C(=O)NC(C)C)C4)sc3c2=O)c1. The maximum absolute atomic E-state index is 13.0. The largest absolute Gasteiger partial charge is 0.497 e. The lowest BCUT2D eigenvalue weighted by atomic mass is 9.97. The number of piperidine rings is 1. The van der Waals surface area contributed by atoms with E-state index in [0.29, 0.717) is 34.3 Å². The molecule has 186 valence electrons. The van der Waals surface area contributed by atoms with Crippen molar-refractivity contribution in [3.8, 4) is 5.75 Å². The van der Waals surface area contributed by atoms with E-state index in [2.05, 4.69) is 20.6 Å². The number of methoxy groups -OCH3 is 1. The predicted octanol–water partition coefficient (Wildman–Crippen LogP) is 1.92. The molecule has 35 heavy (non-hydrogen) atoms. The Balaban J connectivity index is 1.43. The van der Waals surface area contributed by atoms with Crippen LogP contribution in [0.25, 0.3) is 10.3 Å². The van der Waals surface area contributed by atoms with E-state index < -0.39 is 0 Å².